The molecule has 10 heteroatoms. The van der Waals surface area contributed by atoms with Gasteiger partial charge in [-0.15, -0.1) is 0 Å². The molecule has 3 rings (SSSR count). The Morgan fingerprint density at radius 3 is 2.79 bits per heavy atom. The van der Waals surface area contributed by atoms with Crippen molar-refractivity contribution in [3.8, 4) is 5.95 Å². The van der Waals surface area contributed by atoms with E-state index in [0.717, 1.165) is 13.0 Å². The smallest absolute Gasteiger partial charge is 0.287 e. The van der Waals surface area contributed by atoms with Gasteiger partial charge in [0.25, 0.3) is 11.9 Å². The molecule has 24 heavy (non-hydrogen) atoms. The minimum Gasteiger partial charge on any atom is -0.311 e. The summed E-state index contributed by atoms with van der Waals surface area (Å²) in [6.07, 6.45) is 2.75. The maximum Gasteiger partial charge on any atom is 0.287 e. The molecular weight excluding hydrogens is 386 g/mol. The molecule has 0 aliphatic rings. The highest BCUT2D eigenvalue weighted by atomic mass is 79.9. The molecule has 0 saturated heterocycles. The normalized spacial score (nSPS) is 11.7. The van der Waals surface area contributed by atoms with E-state index < -0.39 is 11.6 Å². The topological polar surface area (TPSA) is 85.6 Å². The van der Waals surface area contributed by atoms with Crippen LogP contribution in [0.1, 0.15) is 19.5 Å². The summed E-state index contributed by atoms with van der Waals surface area (Å²) in [6.45, 7) is 2.12. The lowest BCUT2D eigenvalue weighted by atomic mass is 10.2. The highest BCUT2D eigenvalue weighted by molar-refractivity contribution is 9.10. The molecule has 3 aromatic heterocycles. The standard InChI is InChI=1S/C14H11BrF2N6O/c1-7(24)20-11-5-9-8(6-19-11)12(15)22-23(9)13-18-4-3-10(21-13)14(2,16)17/h3-6H,1-2H3,(H,19,20,24). The summed E-state index contributed by atoms with van der Waals surface area (Å²) < 4.78 is 28.7. The fraction of sp³-hybridized carbons (Fsp3) is 0.214. The van der Waals surface area contributed by atoms with Crippen molar-refractivity contribution in [3.05, 3.63) is 34.8 Å². The van der Waals surface area contributed by atoms with E-state index >= 15 is 0 Å². The van der Waals surface area contributed by atoms with E-state index in [1.807, 2.05) is 0 Å². The molecule has 0 saturated carbocycles. The van der Waals surface area contributed by atoms with Gasteiger partial charge in [0.1, 0.15) is 16.1 Å². The van der Waals surface area contributed by atoms with Gasteiger partial charge < -0.3 is 5.32 Å². The molecule has 1 N–H and O–H groups in total. The summed E-state index contributed by atoms with van der Waals surface area (Å²) >= 11 is 3.29. The van der Waals surface area contributed by atoms with Crippen molar-refractivity contribution in [1.29, 1.82) is 0 Å². The number of fused-ring (bicyclic) bond motifs is 1. The Labute approximate surface area is 143 Å². The minimum atomic E-state index is -3.10. The molecule has 7 nitrogen and oxygen atoms in total. The third-order valence-corrected chi connectivity index (χ3v) is 3.69. The summed E-state index contributed by atoms with van der Waals surface area (Å²) in [5, 5.41) is 7.39. The van der Waals surface area contributed by atoms with Crippen LogP contribution in [-0.4, -0.2) is 30.6 Å². The molecule has 3 aromatic rings. The summed E-state index contributed by atoms with van der Waals surface area (Å²) in [5.74, 6) is -3.08. The summed E-state index contributed by atoms with van der Waals surface area (Å²) in [5.41, 5.74) is 0.0978. The van der Waals surface area contributed by atoms with Gasteiger partial charge in [0, 0.05) is 32.3 Å². The first-order chi connectivity index (χ1) is 11.3. The predicted octanol–water partition coefficient (Wildman–Crippen LogP) is 3.04. The van der Waals surface area contributed by atoms with Crippen LogP contribution in [0.4, 0.5) is 14.6 Å². The molecule has 0 bridgehead atoms. The third-order valence-electron chi connectivity index (χ3n) is 3.11. The van der Waals surface area contributed by atoms with Crippen LogP contribution in [0.5, 0.6) is 0 Å². The van der Waals surface area contributed by atoms with Gasteiger partial charge in [-0.2, -0.15) is 18.6 Å². The molecular formula is C14H11BrF2N6O. The van der Waals surface area contributed by atoms with Crippen molar-refractivity contribution >= 4 is 38.6 Å². The number of halogens is 3. The van der Waals surface area contributed by atoms with Crippen molar-refractivity contribution in [3.63, 3.8) is 0 Å². The monoisotopic (exact) mass is 396 g/mol. The Bertz CT molecular complexity index is 937. The highest BCUT2D eigenvalue weighted by Gasteiger charge is 2.27. The lowest BCUT2D eigenvalue weighted by molar-refractivity contribution is -0.114. The average Bonchev–Trinajstić information content (AvgIpc) is 2.83. The second kappa shape index (κ2) is 5.86. The van der Waals surface area contributed by atoms with E-state index in [4.69, 9.17) is 0 Å². The van der Waals surface area contributed by atoms with E-state index in [0.29, 0.717) is 21.3 Å². The maximum absolute atomic E-state index is 13.5. The summed E-state index contributed by atoms with van der Waals surface area (Å²) in [6, 6.07) is 2.71. The molecule has 3 heterocycles. The first-order valence-electron chi connectivity index (χ1n) is 6.79. The van der Waals surface area contributed by atoms with E-state index in [1.165, 1.54) is 24.0 Å². The van der Waals surface area contributed by atoms with E-state index in [9.17, 15) is 13.6 Å². The van der Waals surface area contributed by atoms with Gasteiger partial charge in [-0.05, 0) is 22.0 Å². The molecule has 0 fully saturated rings. The van der Waals surface area contributed by atoms with Crippen LogP contribution in [0.2, 0.25) is 0 Å². The molecule has 0 aliphatic carbocycles. The van der Waals surface area contributed by atoms with Crippen molar-refractivity contribution < 1.29 is 13.6 Å². The minimum absolute atomic E-state index is 0.00954. The third kappa shape index (κ3) is 3.09. The highest BCUT2D eigenvalue weighted by Crippen LogP contribution is 2.28. The maximum atomic E-state index is 13.5. The molecule has 0 spiro atoms. The number of aromatic nitrogens is 5. The number of nitrogens with zero attached hydrogens (tertiary/aromatic N) is 5. The first kappa shape index (κ1) is 16.4. The molecule has 1 amide bonds. The number of hydrogen-bond donors (Lipinski definition) is 1. The number of alkyl halides is 2. The van der Waals surface area contributed by atoms with Crippen LogP contribution >= 0.6 is 15.9 Å². The van der Waals surface area contributed by atoms with Crippen molar-refractivity contribution in [1.82, 2.24) is 24.7 Å². The van der Waals surface area contributed by atoms with Gasteiger partial charge in [0.05, 0.1) is 10.9 Å². The molecule has 0 aliphatic heterocycles. The number of anilines is 1. The van der Waals surface area contributed by atoms with Crippen molar-refractivity contribution in [2.45, 2.75) is 19.8 Å². The van der Waals surface area contributed by atoms with Crippen LogP contribution in [0.25, 0.3) is 16.9 Å². The van der Waals surface area contributed by atoms with Gasteiger partial charge in [-0.1, -0.05) is 0 Å². The van der Waals surface area contributed by atoms with Crippen molar-refractivity contribution in [2.24, 2.45) is 0 Å². The number of nitrogens with one attached hydrogen (secondary N) is 1. The SMILES string of the molecule is CC(=O)Nc1cc2c(cn1)c(Br)nn2-c1nccc(C(C)(F)F)n1. The number of carbonyl (C=O) groups is 1. The van der Waals surface area contributed by atoms with E-state index in [1.54, 1.807) is 6.07 Å². The van der Waals surface area contributed by atoms with Gasteiger partial charge in [0.2, 0.25) is 5.91 Å². The average molecular weight is 397 g/mol. The lowest BCUT2D eigenvalue weighted by Gasteiger charge is -2.10. The van der Waals surface area contributed by atoms with Crippen LogP contribution in [0, 0.1) is 0 Å². The Hall–Kier alpha value is -2.49. The molecule has 124 valence electrons. The first-order valence-corrected chi connectivity index (χ1v) is 7.58. The molecule has 0 atom stereocenters. The largest absolute Gasteiger partial charge is 0.311 e. The Kier molecular flexibility index (Phi) is 3.99. The number of amides is 1. The zero-order valence-corrected chi connectivity index (χ0v) is 14.2. The van der Waals surface area contributed by atoms with E-state index in [2.05, 4.69) is 41.3 Å². The Balaban J connectivity index is 2.17. The second-order valence-electron chi connectivity index (χ2n) is 5.10. The Morgan fingerprint density at radius 1 is 1.38 bits per heavy atom. The summed E-state index contributed by atoms with van der Waals surface area (Å²) in [7, 11) is 0. The Morgan fingerprint density at radius 2 is 2.12 bits per heavy atom. The number of rotatable bonds is 3. The zero-order valence-electron chi connectivity index (χ0n) is 12.6. The number of pyridine rings is 1. The van der Waals surface area contributed by atoms with E-state index in [-0.39, 0.29) is 11.9 Å². The number of hydrogen-bond acceptors (Lipinski definition) is 5. The van der Waals surface area contributed by atoms with Crippen molar-refractivity contribution in [2.75, 3.05) is 5.32 Å². The zero-order chi connectivity index (χ0) is 17.5. The van der Waals surface area contributed by atoms with Crippen LogP contribution in [-0.2, 0) is 10.7 Å². The molecule has 0 unspecified atom stereocenters. The fourth-order valence-electron chi connectivity index (χ4n) is 2.07. The van der Waals surface area contributed by atoms with Gasteiger partial charge >= 0.3 is 0 Å². The quantitative estimate of drug-likeness (QED) is 0.735. The van der Waals surface area contributed by atoms with Gasteiger partial charge in [0.15, 0.2) is 0 Å². The van der Waals surface area contributed by atoms with Crippen LogP contribution in [0.15, 0.2) is 29.1 Å². The van der Waals surface area contributed by atoms with Crippen LogP contribution < -0.4 is 5.32 Å². The second-order valence-corrected chi connectivity index (χ2v) is 5.85. The predicted molar refractivity (Wildman–Crippen MR) is 86.0 cm³/mol. The summed E-state index contributed by atoms with van der Waals surface area (Å²) in [4.78, 5) is 23.2. The molecule has 0 radical (unpaired) electrons. The number of carbonyl (C=O) groups excluding carboxylic acids is 1. The molecule has 0 aromatic carbocycles. The van der Waals surface area contributed by atoms with Crippen LogP contribution in [0.3, 0.4) is 0 Å². The lowest BCUT2D eigenvalue weighted by Crippen LogP contribution is -2.13. The fourth-order valence-corrected chi connectivity index (χ4v) is 2.53. The van der Waals surface area contributed by atoms with Gasteiger partial charge in [-0.25, -0.2) is 15.0 Å². The van der Waals surface area contributed by atoms with Gasteiger partial charge in [-0.3, -0.25) is 4.79 Å².